The number of hydrogen-bond acceptors (Lipinski definition) is 4. The Labute approximate surface area is 137 Å². The van der Waals surface area contributed by atoms with Crippen LogP contribution in [0.5, 0.6) is 0 Å². The smallest absolute Gasteiger partial charge is 0.295 e. The van der Waals surface area contributed by atoms with Crippen LogP contribution in [0.15, 0.2) is 64.5 Å². The van der Waals surface area contributed by atoms with Crippen LogP contribution in [0.4, 0.5) is 15.8 Å². The molecular weight excluding hydrogens is 331 g/mol. The van der Waals surface area contributed by atoms with Gasteiger partial charge in [-0.3, -0.25) is 4.55 Å². The standard InChI is InChI=1S/C17H11FN2O3S/c18-12-6-2-1-4-10(12)17-19-13-7-3-5-11-15(24(21,22)23)9-8-14(20-17)16(11)13/h1-9H,(H,19,20)(H,21,22,23). The molecular formula is C17H11FN2O3S. The predicted molar refractivity (Wildman–Crippen MR) is 90.0 cm³/mol. The number of anilines is 1. The first kappa shape index (κ1) is 14.8. The largest absolute Gasteiger partial charge is 0.339 e. The maximum absolute atomic E-state index is 14.0. The number of hydrogen-bond donors (Lipinski definition) is 2. The van der Waals surface area contributed by atoms with Gasteiger partial charge in [0.2, 0.25) is 0 Å². The van der Waals surface area contributed by atoms with Crippen molar-refractivity contribution >= 4 is 38.1 Å². The summed E-state index contributed by atoms with van der Waals surface area (Å²) in [5, 5.41) is 3.95. The number of nitrogens with zero attached hydrogens (tertiary/aromatic N) is 1. The van der Waals surface area contributed by atoms with Crippen LogP contribution in [0, 0.1) is 5.82 Å². The molecule has 0 spiro atoms. The molecule has 1 heterocycles. The monoisotopic (exact) mass is 342 g/mol. The molecule has 2 N–H and O–H groups in total. The number of nitrogens with one attached hydrogen (secondary N) is 1. The number of halogens is 1. The van der Waals surface area contributed by atoms with E-state index in [1.165, 1.54) is 18.2 Å². The third-order valence-electron chi connectivity index (χ3n) is 3.87. The summed E-state index contributed by atoms with van der Waals surface area (Å²) in [6, 6.07) is 14.0. The maximum Gasteiger partial charge on any atom is 0.295 e. The number of aliphatic imine (C=N–C) groups is 1. The molecule has 1 aliphatic rings. The van der Waals surface area contributed by atoms with Crippen molar-refractivity contribution in [1.82, 2.24) is 0 Å². The summed E-state index contributed by atoms with van der Waals surface area (Å²) < 4.78 is 46.5. The van der Waals surface area contributed by atoms with E-state index in [-0.39, 0.29) is 4.90 Å². The lowest BCUT2D eigenvalue weighted by Gasteiger charge is -2.20. The summed E-state index contributed by atoms with van der Waals surface area (Å²) >= 11 is 0. The summed E-state index contributed by atoms with van der Waals surface area (Å²) in [5.74, 6) is -0.0679. The average Bonchev–Trinajstić information content (AvgIpc) is 2.54. The minimum Gasteiger partial charge on any atom is -0.339 e. The number of amidine groups is 1. The average molecular weight is 342 g/mol. The molecule has 120 valence electrons. The van der Waals surface area contributed by atoms with E-state index >= 15 is 0 Å². The molecule has 0 atom stereocenters. The fourth-order valence-corrected chi connectivity index (χ4v) is 3.53. The summed E-state index contributed by atoms with van der Waals surface area (Å²) in [4.78, 5) is 4.22. The highest BCUT2D eigenvalue weighted by molar-refractivity contribution is 7.86. The molecule has 7 heteroatoms. The lowest BCUT2D eigenvalue weighted by Crippen LogP contribution is -2.17. The molecule has 0 bridgehead atoms. The Balaban J connectivity index is 2.00. The second kappa shape index (κ2) is 5.12. The van der Waals surface area contributed by atoms with E-state index in [1.807, 2.05) is 0 Å². The molecule has 0 saturated carbocycles. The fourth-order valence-electron chi connectivity index (χ4n) is 2.84. The van der Waals surface area contributed by atoms with Crippen LogP contribution in [0.2, 0.25) is 0 Å². The quantitative estimate of drug-likeness (QED) is 0.696. The van der Waals surface area contributed by atoms with Gasteiger partial charge in [-0.2, -0.15) is 8.42 Å². The van der Waals surface area contributed by atoms with Crippen molar-refractivity contribution in [2.24, 2.45) is 4.99 Å². The molecule has 4 rings (SSSR count). The van der Waals surface area contributed by atoms with Crippen LogP contribution in [-0.2, 0) is 10.1 Å². The fraction of sp³-hybridized carbons (Fsp3) is 0. The first-order valence-electron chi connectivity index (χ1n) is 7.09. The minimum atomic E-state index is -4.36. The Bertz CT molecular complexity index is 1120. The van der Waals surface area contributed by atoms with Gasteiger partial charge in [0.15, 0.2) is 0 Å². The molecule has 0 aliphatic carbocycles. The molecule has 0 amide bonds. The van der Waals surface area contributed by atoms with Gasteiger partial charge in [0.25, 0.3) is 10.1 Å². The predicted octanol–water partition coefficient (Wildman–Crippen LogP) is 3.73. The van der Waals surface area contributed by atoms with Crippen molar-refractivity contribution in [3.63, 3.8) is 0 Å². The van der Waals surface area contributed by atoms with Gasteiger partial charge in [0.05, 0.1) is 11.3 Å². The number of rotatable bonds is 2. The molecule has 0 radical (unpaired) electrons. The van der Waals surface area contributed by atoms with E-state index in [0.717, 1.165) is 0 Å². The van der Waals surface area contributed by atoms with E-state index < -0.39 is 15.9 Å². The Morgan fingerprint density at radius 2 is 1.79 bits per heavy atom. The van der Waals surface area contributed by atoms with Crippen molar-refractivity contribution in [2.75, 3.05) is 5.32 Å². The Morgan fingerprint density at radius 3 is 2.54 bits per heavy atom. The third kappa shape index (κ3) is 2.26. The zero-order valence-corrected chi connectivity index (χ0v) is 13.0. The lowest BCUT2D eigenvalue weighted by molar-refractivity contribution is 0.484. The van der Waals surface area contributed by atoms with Gasteiger partial charge in [-0.15, -0.1) is 0 Å². The molecule has 3 aromatic carbocycles. The van der Waals surface area contributed by atoms with Crippen molar-refractivity contribution in [1.29, 1.82) is 0 Å². The van der Waals surface area contributed by atoms with Gasteiger partial charge >= 0.3 is 0 Å². The van der Waals surface area contributed by atoms with E-state index in [2.05, 4.69) is 10.3 Å². The highest BCUT2D eigenvalue weighted by atomic mass is 32.2. The normalized spacial score (nSPS) is 13.5. The summed E-state index contributed by atoms with van der Waals surface area (Å²) in [6.07, 6.45) is 0. The Morgan fingerprint density at radius 1 is 1.00 bits per heavy atom. The Hall–Kier alpha value is -2.77. The summed E-state index contributed by atoms with van der Waals surface area (Å²) in [5.41, 5.74) is 1.42. The number of benzene rings is 3. The first-order chi connectivity index (χ1) is 11.4. The minimum absolute atomic E-state index is 0.186. The van der Waals surface area contributed by atoms with Crippen LogP contribution >= 0.6 is 0 Å². The summed E-state index contributed by atoms with van der Waals surface area (Å²) in [7, 11) is -4.36. The van der Waals surface area contributed by atoms with Gasteiger partial charge in [0, 0.05) is 16.5 Å². The SMILES string of the molecule is O=S(=O)(O)c1ccc2c3c(cccc13)NC(c1ccccc1F)=N2. The van der Waals surface area contributed by atoms with Gasteiger partial charge in [-0.25, -0.2) is 9.38 Å². The van der Waals surface area contributed by atoms with Crippen LogP contribution in [0.3, 0.4) is 0 Å². The highest BCUT2D eigenvalue weighted by Crippen LogP contribution is 2.39. The van der Waals surface area contributed by atoms with E-state index in [4.69, 9.17) is 0 Å². The zero-order valence-electron chi connectivity index (χ0n) is 12.2. The van der Waals surface area contributed by atoms with Crippen molar-refractivity contribution < 1.29 is 17.4 Å². The zero-order chi connectivity index (χ0) is 16.9. The first-order valence-corrected chi connectivity index (χ1v) is 8.53. The van der Waals surface area contributed by atoms with Crippen LogP contribution in [0.1, 0.15) is 5.56 Å². The molecule has 1 aliphatic heterocycles. The topological polar surface area (TPSA) is 78.8 Å². The van der Waals surface area contributed by atoms with Gasteiger partial charge in [-0.1, -0.05) is 24.3 Å². The molecule has 0 unspecified atom stereocenters. The van der Waals surface area contributed by atoms with E-state index in [1.54, 1.807) is 36.4 Å². The van der Waals surface area contributed by atoms with Crippen molar-refractivity contribution in [2.45, 2.75) is 4.90 Å². The third-order valence-corrected chi connectivity index (χ3v) is 4.78. The lowest BCUT2D eigenvalue weighted by atomic mass is 10.0. The van der Waals surface area contributed by atoms with Crippen molar-refractivity contribution in [3.8, 4) is 0 Å². The van der Waals surface area contributed by atoms with Gasteiger partial charge < -0.3 is 5.32 Å². The maximum atomic E-state index is 14.0. The van der Waals surface area contributed by atoms with Crippen molar-refractivity contribution in [3.05, 3.63) is 66.0 Å². The van der Waals surface area contributed by atoms with Crippen LogP contribution in [0.25, 0.3) is 10.8 Å². The van der Waals surface area contributed by atoms with Crippen LogP contribution < -0.4 is 5.32 Å². The molecule has 0 aromatic heterocycles. The molecule has 0 saturated heterocycles. The van der Waals surface area contributed by atoms with Gasteiger partial charge in [-0.05, 0) is 30.3 Å². The molecule has 3 aromatic rings. The van der Waals surface area contributed by atoms with E-state index in [0.29, 0.717) is 33.5 Å². The highest BCUT2D eigenvalue weighted by Gasteiger charge is 2.22. The molecule has 0 fully saturated rings. The molecule has 5 nitrogen and oxygen atoms in total. The summed E-state index contributed by atoms with van der Waals surface area (Å²) in [6.45, 7) is 0. The second-order valence-electron chi connectivity index (χ2n) is 5.35. The Kier molecular flexibility index (Phi) is 3.16. The van der Waals surface area contributed by atoms with Crippen LogP contribution in [-0.4, -0.2) is 18.8 Å². The van der Waals surface area contributed by atoms with Gasteiger partial charge in [0.1, 0.15) is 16.5 Å². The molecule has 24 heavy (non-hydrogen) atoms. The van der Waals surface area contributed by atoms with E-state index in [9.17, 15) is 17.4 Å². The second-order valence-corrected chi connectivity index (χ2v) is 6.74.